The molecule has 3 rings (SSSR count). The zero-order valence-electron chi connectivity index (χ0n) is 13.9. The van der Waals surface area contributed by atoms with Crippen LogP contribution in [-0.4, -0.2) is 41.7 Å². The van der Waals surface area contributed by atoms with Gasteiger partial charge in [-0.3, -0.25) is 0 Å². The minimum atomic E-state index is -0.963. The third-order valence-corrected chi connectivity index (χ3v) is 4.33. The molecule has 2 aromatic carbocycles. The summed E-state index contributed by atoms with van der Waals surface area (Å²) in [6, 6.07) is 13.9. The molecule has 6 heteroatoms. The van der Waals surface area contributed by atoms with E-state index < -0.39 is 12.0 Å². The second-order valence-corrected chi connectivity index (χ2v) is 5.90. The molecule has 1 atom stereocenters. The van der Waals surface area contributed by atoms with Gasteiger partial charge < -0.3 is 20.1 Å². The van der Waals surface area contributed by atoms with Crippen LogP contribution in [0, 0.1) is 0 Å². The topological polar surface area (TPSA) is 78.9 Å². The quantitative estimate of drug-likeness (QED) is 0.893. The molecule has 25 heavy (non-hydrogen) atoms. The first-order chi connectivity index (χ1) is 12.1. The second kappa shape index (κ2) is 7.25. The normalized spacial score (nSPS) is 16.5. The molecule has 0 spiro atoms. The van der Waals surface area contributed by atoms with Gasteiger partial charge in [0.15, 0.2) is 0 Å². The number of hydrogen-bond donors (Lipinski definition) is 2. The standard InChI is InChI=1S/C19H20N2O4/c1-25-17-10-3-2-8-15(17)13-6-4-7-14(12-13)20-19(24)21-11-5-9-16(21)18(22)23/h2-4,6-8,10,12,16H,5,9,11H2,1H3,(H,20,24)(H,22,23)/t16-/m0/s1. The molecule has 6 nitrogen and oxygen atoms in total. The number of amides is 2. The molecule has 0 bridgehead atoms. The smallest absolute Gasteiger partial charge is 0.326 e. The van der Waals surface area contributed by atoms with Crippen LogP contribution in [-0.2, 0) is 4.79 Å². The Morgan fingerprint density at radius 2 is 2.00 bits per heavy atom. The highest BCUT2D eigenvalue weighted by molar-refractivity contribution is 5.93. The van der Waals surface area contributed by atoms with Crippen LogP contribution in [0.3, 0.4) is 0 Å². The van der Waals surface area contributed by atoms with E-state index >= 15 is 0 Å². The van der Waals surface area contributed by atoms with E-state index in [9.17, 15) is 14.7 Å². The number of nitrogens with one attached hydrogen (secondary N) is 1. The molecule has 0 aromatic heterocycles. The first-order valence-corrected chi connectivity index (χ1v) is 8.14. The van der Waals surface area contributed by atoms with Gasteiger partial charge in [-0.1, -0.05) is 30.3 Å². The van der Waals surface area contributed by atoms with Crippen LogP contribution >= 0.6 is 0 Å². The lowest BCUT2D eigenvalue weighted by Crippen LogP contribution is -2.42. The Morgan fingerprint density at radius 3 is 2.76 bits per heavy atom. The number of para-hydroxylation sites is 1. The fraction of sp³-hybridized carbons (Fsp3) is 0.263. The fourth-order valence-corrected chi connectivity index (χ4v) is 3.11. The van der Waals surface area contributed by atoms with Gasteiger partial charge in [0, 0.05) is 17.8 Å². The van der Waals surface area contributed by atoms with E-state index in [1.165, 1.54) is 4.90 Å². The van der Waals surface area contributed by atoms with Crippen molar-refractivity contribution in [2.45, 2.75) is 18.9 Å². The van der Waals surface area contributed by atoms with Crippen LogP contribution < -0.4 is 10.1 Å². The van der Waals surface area contributed by atoms with Crippen molar-refractivity contribution in [3.05, 3.63) is 48.5 Å². The summed E-state index contributed by atoms with van der Waals surface area (Å²) in [6.07, 6.45) is 1.19. The second-order valence-electron chi connectivity index (χ2n) is 5.90. The molecular formula is C19H20N2O4. The molecule has 0 radical (unpaired) electrons. The summed E-state index contributed by atoms with van der Waals surface area (Å²) in [5.41, 5.74) is 2.45. The number of anilines is 1. The Hall–Kier alpha value is -3.02. The van der Waals surface area contributed by atoms with Crippen LogP contribution in [0.4, 0.5) is 10.5 Å². The Kier molecular flexibility index (Phi) is 4.88. The molecule has 1 saturated heterocycles. The van der Waals surface area contributed by atoms with Gasteiger partial charge in [-0.2, -0.15) is 0 Å². The van der Waals surface area contributed by atoms with Crippen molar-refractivity contribution < 1.29 is 19.4 Å². The van der Waals surface area contributed by atoms with Gasteiger partial charge in [-0.15, -0.1) is 0 Å². The molecule has 0 aliphatic carbocycles. The van der Waals surface area contributed by atoms with E-state index in [2.05, 4.69) is 5.32 Å². The van der Waals surface area contributed by atoms with Crippen molar-refractivity contribution in [2.75, 3.05) is 19.0 Å². The Labute approximate surface area is 146 Å². The summed E-state index contributed by atoms with van der Waals surface area (Å²) in [5, 5.41) is 12.0. The molecule has 1 aliphatic rings. The number of carbonyl (C=O) groups is 2. The zero-order valence-corrected chi connectivity index (χ0v) is 13.9. The van der Waals surface area contributed by atoms with Crippen molar-refractivity contribution in [2.24, 2.45) is 0 Å². The van der Waals surface area contributed by atoms with Crippen LogP contribution in [0.2, 0.25) is 0 Å². The first-order valence-electron chi connectivity index (χ1n) is 8.14. The minimum Gasteiger partial charge on any atom is -0.496 e. The number of nitrogens with zero attached hydrogens (tertiary/aromatic N) is 1. The van der Waals surface area contributed by atoms with E-state index in [1.807, 2.05) is 42.5 Å². The molecule has 0 unspecified atom stereocenters. The monoisotopic (exact) mass is 340 g/mol. The number of hydrogen-bond acceptors (Lipinski definition) is 3. The summed E-state index contributed by atoms with van der Waals surface area (Å²) in [7, 11) is 1.61. The van der Waals surface area contributed by atoms with Crippen molar-refractivity contribution in [1.82, 2.24) is 4.90 Å². The SMILES string of the molecule is COc1ccccc1-c1cccc(NC(=O)N2CCC[C@H]2C(=O)O)c1. The zero-order chi connectivity index (χ0) is 17.8. The number of carbonyl (C=O) groups excluding carboxylic acids is 1. The number of ether oxygens (including phenoxy) is 1. The highest BCUT2D eigenvalue weighted by Gasteiger charge is 2.33. The van der Waals surface area contributed by atoms with Gasteiger partial charge >= 0.3 is 12.0 Å². The minimum absolute atomic E-state index is 0.387. The highest BCUT2D eigenvalue weighted by atomic mass is 16.5. The van der Waals surface area contributed by atoms with Crippen molar-refractivity contribution in [3.8, 4) is 16.9 Å². The number of likely N-dealkylation sites (tertiary alicyclic amines) is 1. The van der Waals surface area contributed by atoms with E-state index in [0.29, 0.717) is 25.1 Å². The lowest BCUT2D eigenvalue weighted by molar-refractivity contribution is -0.141. The average molecular weight is 340 g/mol. The largest absolute Gasteiger partial charge is 0.496 e. The van der Waals surface area contributed by atoms with Gasteiger partial charge in [0.1, 0.15) is 11.8 Å². The molecule has 1 aliphatic heterocycles. The summed E-state index contributed by atoms with van der Waals surface area (Å²) < 4.78 is 5.38. The Morgan fingerprint density at radius 1 is 1.20 bits per heavy atom. The van der Waals surface area contributed by atoms with E-state index in [1.54, 1.807) is 13.2 Å². The van der Waals surface area contributed by atoms with E-state index in [-0.39, 0.29) is 6.03 Å². The van der Waals surface area contributed by atoms with Crippen LogP contribution in [0.25, 0.3) is 11.1 Å². The maximum Gasteiger partial charge on any atom is 0.326 e. The predicted molar refractivity (Wildman–Crippen MR) is 94.8 cm³/mol. The van der Waals surface area contributed by atoms with Gasteiger partial charge in [0.2, 0.25) is 0 Å². The number of aliphatic carboxylic acids is 1. The van der Waals surface area contributed by atoms with Crippen LogP contribution in [0.5, 0.6) is 5.75 Å². The number of methoxy groups -OCH3 is 1. The average Bonchev–Trinajstić information content (AvgIpc) is 3.12. The summed E-state index contributed by atoms with van der Waals surface area (Å²) in [5.74, 6) is -0.216. The number of carboxylic acids is 1. The van der Waals surface area contributed by atoms with Gasteiger partial charge in [-0.25, -0.2) is 9.59 Å². The predicted octanol–water partition coefficient (Wildman–Crippen LogP) is 3.44. The molecule has 2 amide bonds. The lowest BCUT2D eigenvalue weighted by Gasteiger charge is -2.22. The maximum absolute atomic E-state index is 12.4. The van der Waals surface area contributed by atoms with E-state index in [0.717, 1.165) is 16.9 Å². The molecule has 1 fully saturated rings. The van der Waals surface area contributed by atoms with Gasteiger partial charge in [0.25, 0.3) is 0 Å². The summed E-state index contributed by atoms with van der Waals surface area (Å²) in [6.45, 7) is 0.453. The van der Waals surface area contributed by atoms with Crippen LogP contribution in [0.15, 0.2) is 48.5 Å². The number of urea groups is 1. The lowest BCUT2D eigenvalue weighted by atomic mass is 10.0. The summed E-state index contributed by atoms with van der Waals surface area (Å²) in [4.78, 5) is 25.0. The number of carboxylic acid groups (broad SMARTS) is 1. The first kappa shape index (κ1) is 16.8. The Bertz CT molecular complexity index is 790. The molecule has 2 N–H and O–H groups in total. The summed E-state index contributed by atoms with van der Waals surface area (Å²) >= 11 is 0. The fourth-order valence-electron chi connectivity index (χ4n) is 3.11. The molecule has 2 aromatic rings. The number of benzene rings is 2. The molecule has 0 saturated carbocycles. The van der Waals surface area contributed by atoms with Crippen molar-refractivity contribution in [1.29, 1.82) is 0 Å². The van der Waals surface area contributed by atoms with E-state index in [4.69, 9.17) is 4.74 Å². The van der Waals surface area contributed by atoms with Gasteiger partial charge in [-0.05, 0) is 36.6 Å². The molecule has 130 valence electrons. The van der Waals surface area contributed by atoms with Gasteiger partial charge in [0.05, 0.1) is 7.11 Å². The third-order valence-electron chi connectivity index (χ3n) is 4.33. The third kappa shape index (κ3) is 3.57. The molecular weight excluding hydrogens is 320 g/mol. The van der Waals surface area contributed by atoms with Crippen LogP contribution in [0.1, 0.15) is 12.8 Å². The number of rotatable bonds is 4. The van der Waals surface area contributed by atoms with Crippen molar-refractivity contribution >= 4 is 17.7 Å². The Balaban J connectivity index is 1.80. The highest BCUT2D eigenvalue weighted by Crippen LogP contribution is 2.31. The maximum atomic E-state index is 12.4. The molecule has 1 heterocycles. The van der Waals surface area contributed by atoms with Crippen molar-refractivity contribution in [3.63, 3.8) is 0 Å².